The minimum Gasteiger partial charge on any atom is -0.497 e. The maximum Gasteiger partial charge on any atom is 0.212 e. The third-order valence-electron chi connectivity index (χ3n) is 6.46. The molecule has 2 aliphatic rings. The summed E-state index contributed by atoms with van der Waals surface area (Å²) >= 11 is 0. The molecule has 0 bridgehead atoms. The molecule has 5 rings (SSSR count). The highest BCUT2D eigenvalue weighted by Crippen LogP contribution is 2.55. The predicted molar refractivity (Wildman–Crippen MR) is 117 cm³/mol. The van der Waals surface area contributed by atoms with Crippen molar-refractivity contribution in [2.75, 3.05) is 25.2 Å². The van der Waals surface area contributed by atoms with Crippen molar-refractivity contribution in [3.8, 4) is 11.5 Å². The molecule has 0 aromatic heterocycles. The van der Waals surface area contributed by atoms with E-state index in [2.05, 4.69) is 79.4 Å². The summed E-state index contributed by atoms with van der Waals surface area (Å²) in [6.07, 6.45) is 4.33. The van der Waals surface area contributed by atoms with Gasteiger partial charge < -0.3 is 19.5 Å². The maximum absolute atomic E-state index is 9.83. The Bertz CT molecular complexity index is 1130. The monoisotopic (exact) mass is 387 g/mol. The number of nitrogens with zero attached hydrogens (tertiary/aromatic N) is 1. The first kappa shape index (κ1) is 18.1. The van der Waals surface area contributed by atoms with Crippen LogP contribution in [0.3, 0.4) is 0 Å². The van der Waals surface area contributed by atoms with Gasteiger partial charge in [0.25, 0.3) is 0 Å². The van der Waals surface area contributed by atoms with Gasteiger partial charge in [0.15, 0.2) is 0 Å². The van der Waals surface area contributed by atoms with Gasteiger partial charge >= 0.3 is 0 Å². The molecule has 0 saturated carbocycles. The molecule has 0 amide bonds. The van der Waals surface area contributed by atoms with Gasteiger partial charge in [-0.2, -0.15) is 0 Å². The lowest BCUT2D eigenvalue weighted by atomic mass is 9.76. The number of anilines is 1. The van der Waals surface area contributed by atoms with Crippen molar-refractivity contribution in [1.82, 2.24) is 0 Å². The van der Waals surface area contributed by atoms with Gasteiger partial charge in [-0.15, -0.1) is 0 Å². The van der Waals surface area contributed by atoms with Gasteiger partial charge in [-0.05, 0) is 66.6 Å². The fourth-order valence-electron chi connectivity index (χ4n) is 4.89. The number of aliphatic hydroxyl groups excluding tert-OH is 1. The van der Waals surface area contributed by atoms with Crippen molar-refractivity contribution >= 4 is 22.5 Å². The van der Waals surface area contributed by atoms with Crippen LogP contribution in [0, 0.1) is 0 Å². The zero-order valence-corrected chi connectivity index (χ0v) is 17.0. The first-order valence-corrected chi connectivity index (χ1v) is 9.99. The molecule has 0 aliphatic carbocycles. The van der Waals surface area contributed by atoms with Gasteiger partial charge in [0.05, 0.1) is 19.1 Å². The van der Waals surface area contributed by atoms with Crippen LogP contribution in [-0.4, -0.2) is 31.1 Å². The van der Waals surface area contributed by atoms with E-state index in [1.54, 1.807) is 7.11 Å². The zero-order chi connectivity index (χ0) is 20.2. The molecule has 1 spiro atoms. The molecule has 0 saturated heterocycles. The Morgan fingerprint density at radius 2 is 1.90 bits per heavy atom. The molecule has 3 aromatic rings. The Morgan fingerprint density at radius 3 is 2.69 bits per heavy atom. The van der Waals surface area contributed by atoms with Gasteiger partial charge in [0.1, 0.15) is 11.5 Å². The highest BCUT2D eigenvalue weighted by molar-refractivity contribution is 5.94. The number of methoxy groups -OCH3 is 1. The summed E-state index contributed by atoms with van der Waals surface area (Å²) in [5.41, 5.74) is 2.24. The van der Waals surface area contributed by atoms with E-state index in [1.165, 1.54) is 10.8 Å². The van der Waals surface area contributed by atoms with Crippen LogP contribution in [0.2, 0.25) is 0 Å². The summed E-state index contributed by atoms with van der Waals surface area (Å²) in [4.78, 5) is 2.18. The molecule has 1 unspecified atom stereocenters. The minimum absolute atomic E-state index is 0.0467. The highest BCUT2D eigenvalue weighted by atomic mass is 16.5. The quantitative estimate of drug-likeness (QED) is 0.705. The van der Waals surface area contributed by atoms with E-state index >= 15 is 0 Å². The second-order valence-electron chi connectivity index (χ2n) is 8.21. The van der Waals surface area contributed by atoms with Gasteiger partial charge in [-0.25, -0.2) is 0 Å². The summed E-state index contributed by atoms with van der Waals surface area (Å²) in [5, 5.41) is 12.2. The van der Waals surface area contributed by atoms with E-state index in [4.69, 9.17) is 9.47 Å². The smallest absolute Gasteiger partial charge is 0.212 e. The van der Waals surface area contributed by atoms with Crippen LogP contribution in [0.1, 0.15) is 25.0 Å². The summed E-state index contributed by atoms with van der Waals surface area (Å²) in [5.74, 6) is 1.69. The average Bonchev–Trinajstić information content (AvgIpc) is 2.92. The summed E-state index contributed by atoms with van der Waals surface area (Å²) in [6.45, 7) is 4.92. The molecule has 2 heterocycles. The van der Waals surface area contributed by atoms with Crippen molar-refractivity contribution in [3.63, 3.8) is 0 Å². The molecule has 4 nitrogen and oxygen atoms in total. The van der Waals surface area contributed by atoms with Crippen molar-refractivity contribution in [2.45, 2.75) is 25.0 Å². The fourth-order valence-corrected chi connectivity index (χ4v) is 4.89. The molecule has 3 aromatic carbocycles. The second-order valence-corrected chi connectivity index (χ2v) is 8.21. The molecule has 148 valence electrons. The Balaban J connectivity index is 1.70. The van der Waals surface area contributed by atoms with E-state index in [9.17, 15) is 5.11 Å². The molecule has 1 atom stereocenters. The minimum atomic E-state index is -0.722. The van der Waals surface area contributed by atoms with E-state index < -0.39 is 5.72 Å². The molecular weight excluding hydrogens is 362 g/mol. The van der Waals surface area contributed by atoms with Gasteiger partial charge in [0, 0.05) is 17.8 Å². The van der Waals surface area contributed by atoms with Crippen LogP contribution in [0.5, 0.6) is 11.5 Å². The number of aliphatic hydroxyl groups is 1. The maximum atomic E-state index is 9.83. The zero-order valence-electron chi connectivity index (χ0n) is 17.0. The Labute approximate surface area is 171 Å². The molecule has 0 radical (unpaired) electrons. The van der Waals surface area contributed by atoms with Crippen LogP contribution in [0.4, 0.5) is 5.69 Å². The molecule has 29 heavy (non-hydrogen) atoms. The number of benzene rings is 3. The molecular formula is C25H25NO3. The van der Waals surface area contributed by atoms with Gasteiger partial charge in [0.2, 0.25) is 5.72 Å². The summed E-state index contributed by atoms with van der Waals surface area (Å²) in [6, 6.07) is 18.6. The SMILES string of the molecule is COc1ccc2c(c1)C(C)(C)C1(C=Cc3c(ccc4ccccc34)O1)N2CCO. The average molecular weight is 387 g/mol. The van der Waals surface area contributed by atoms with E-state index in [-0.39, 0.29) is 12.0 Å². The highest BCUT2D eigenvalue weighted by Gasteiger charge is 2.58. The van der Waals surface area contributed by atoms with Gasteiger partial charge in [-0.3, -0.25) is 0 Å². The first-order chi connectivity index (χ1) is 14.0. The van der Waals surface area contributed by atoms with E-state index in [0.29, 0.717) is 6.54 Å². The van der Waals surface area contributed by atoms with E-state index in [1.807, 2.05) is 6.07 Å². The van der Waals surface area contributed by atoms with Crippen LogP contribution in [0.25, 0.3) is 16.8 Å². The lowest BCUT2D eigenvalue weighted by Crippen LogP contribution is -2.60. The van der Waals surface area contributed by atoms with Crippen LogP contribution < -0.4 is 14.4 Å². The number of hydrogen-bond acceptors (Lipinski definition) is 4. The van der Waals surface area contributed by atoms with E-state index in [0.717, 1.165) is 28.3 Å². The van der Waals surface area contributed by atoms with Crippen molar-refractivity contribution in [3.05, 3.63) is 71.8 Å². The molecule has 1 N–H and O–H groups in total. The molecule has 0 fully saturated rings. The third kappa shape index (κ3) is 2.36. The largest absolute Gasteiger partial charge is 0.497 e. The first-order valence-electron chi connectivity index (χ1n) is 9.99. The molecule has 4 heteroatoms. The Hall–Kier alpha value is -2.98. The van der Waals surface area contributed by atoms with Crippen molar-refractivity contribution in [2.24, 2.45) is 0 Å². The van der Waals surface area contributed by atoms with Crippen molar-refractivity contribution < 1.29 is 14.6 Å². The molecule has 2 aliphatic heterocycles. The fraction of sp³-hybridized carbons (Fsp3) is 0.280. The van der Waals surface area contributed by atoms with Crippen LogP contribution in [0.15, 0.2) is 60.7 Å². The summed E-state index contributed by atoms with van der Waals surface area (Å²) < 4.78 is 12.3. The van der Waals surface area contributed by atoms with Gasteiger partial charge in [-0.1, -0.05) is 30.3 Å². The number of ether oxygens (including phenoxy) is 2. The summed E-state index contributed by atoms with van der Waals surface area (Å²) in [7, 11) is 1.68. The standard InChI is InChI=1S/C25H25NO3/c1-24(2)21-16-18(28-3)9-10-22(21)26(14-15-27)25(24)13-12-20-19-7-5-4-6-17(19)8-11-23(20)29-25/h4-13,16,27H,14-15H2,1-3H3. The number of fused-ring (bicyclic) bond motifs is 4. The van der Waals surface area contributed by atoms with Crippen molar-refractivity contribution in [1.29, 1.82) is 0 Å². The number of hydrogen-bond donors (Lipinski definition) is 1. The predicted octanol–water partition coefficient (Wildman–Crippen LogP) is 4.74. The Kier molecular flexibility index (Phi) is 3.90. The Morgan fingerprint density at radius 1 is 1.07 bits per heavy atom. The lowest BCUT2D eigenvalue weighted by molar-refractivity contribution is 0.0506. The number of β-amino-alcohol motifs (C(OH)–C–C–N with tert-alkyl or cyclic N) is 1. The topological polar surface area (TPSA) is 41.9 Å². The third-order valence-corrected chi connectivity index (χ3v) is 6.46. The normalized spacial score (nSPS) is 21.2. The van der Waals surface area contributed by atoms with Crippen LogP contribution >= 0.6 is 0 Å². The number of rotatable bonds is 3. The lowest BCUT2D eigenvalue weighted by Gasteiger charge is -2.47. The second kappa shape index (κ2) is 6.26. The van der Waals surface area contributed by atoms with Crippen LogP contribution in [-0.2, 0) is 5.41 Å².